The highest BCUT2D eigenvalue weighted by molar-refractivity contribution is 7.99. The normalized spacial score (nSPS) is 21.1. The van der Waals surface area contributed by atoms with E-state index in [1.54, 1.807) is 11.6 Å². The van der Waals surface area contributed by atoms with Crippen LogP contribution in [0.2, 0.25) is 0 Å². The van der Waals surface area contributed by atoms with Crippen molar-refractivity contribution < 1.29 is 9.53 Å². The van der Waals surface area contributed by atoms with Crippen LogP contribution in [-0.4, -0.2) is 51.4 Å². The molecule has 1 saturated heterocycles. The molecule has 1 amide bonds. The second-order valence-corrected chi connectivity index (χ2v) is 8.71. The molecule has 0 bridgehead atoms. The number of thiophene rings is 1. The summed E-state index contributed by atoms with van der Waals surface area (Å²) in [6.45, 7) is 9.12. The molecule has 1 fully saturated rings. The molecule has 6 nitrogen and oxygen atoms in total. The number of carbonyl (C=O) groups is 1. The Kier molecular flexibility index (Phi) is 5.22. The minimum absolute atomic E-state index is 0.0459. The summed E-state index contributed by atoms with van der Waals surface area (Å²) < 4.78 is 7.21. The van der Waals surface area contributed by atoms with Crippen molar-refractivity contribution in [1.82, 2.24) is 14.5 Å². The summed E-state index contributed by atoms with van der Waals surface area (Å²) in [5.74, 6) is 0.328. The van der Waals surface area contributed by atoms with Gasteiger partial charge in [-0.1, -0.05) is 11.8 Å². The molecule has 0 spiro atoms. The molecule has 0 aliphatic carbocycles. The highest BCUT2D eigenvalue weighted by Gasteiger charge is 2.26. The zero-order chi connectivity index (χ0) is 18.3. The second kappa shape index (κ2) is 7.09. The molecule has 1 aliphatic heterocycles. The van der Waals surface area contributed by atoms with E-state index in [1.807, 2.05) is 32.6 Å². The van der Waals surface area contributed by atoms with E-state index in [0.717, 1.165) is 15.3 Å². The van der Waals surface area contributed by atoms with Gasteiger partial charge in [0.05, 0.1) is 23.3 Å². The Labute approximate surface area is 155 Å². The van der Waals surface area contributed by atoms with Crippen LogP contribution in [0.4, 0.5) is 0 Å². The van der Waals surface area contributed by atoms with Gasteiger partial charge in [0.15, 0.2) is 5.16 Å². The molecule has 3 heterocycles. The molecular weight excluding hydrogens is 358 g/mol. The lowest BCUT2D eigenvalue weighted by atomic mass is 10.2. The van der Waals surface area contributed by atoms with E-state index in [-0.39, 0.29) is 29.4 Å². The zero-order valence-electron chi connectivity index (χ0n) is 15.2. The summed E-state index contributed by atoms with van der Waals surface area (Å²) >= 11 is 2.85. The quantitative estimate of drug-likeness (QED) is 0.603. The maximum absolute atomic E-state index is 12.6. The zero-order valence-corrected chi connectivity index (χ0v) is 16.8. The first-order chi connectivity index (χ1) is 11.8. The predicted octanol–water partition coefficient (Wildman–Crippen LogP) is 2.34. The van der Waals surface area contributed by atoms with Crippen molar-refractivity contribution in [3.63, 3.8) is 0 Å². The predicted molar refractivity (Wildman–Crippen MR) is 102 cm³/mol. The van der Waals surface area contributed by atoms with Crippen molar-refractivity contribution in [2.24, 2.45) is 7.05 Å². The van der Waals surface area contributed by atoms with Crippen LogP contribution in [0, 0.1) is 13.8 Å². The van der Waals surface area contributed by atoms with Gasteiger partial charge in [-0.15, -0.1) is 11.3 Å². The van der Waals surface area contributed by atoms with Crippen molar-refractivity contribution in [2.45, 2.75) is 45.1 Å². The van der Waals surface area contributed by atoms with Gasteiger partial charge < -0.3 is 9.64 Å². The lowest BCUT2D eigenvalue weighted by molar-refractivity contribution is -0.140. The van der Waals surface area contributed by atoms with E-state index in [4.69, 9.17) is 4.74 Å². The summed E-state index contributed by atoms with van der Waals surface area (Å²) in [6, 6.07) is 0. The minimum atomic E-state index is -0.0459. The Morgan fingerprint density at radius 2 is 1.96 bits per heavy atom. The fraction of sp³-hybridized carbons (Fsp3) is 0.588. The molecule has 8 heteroatoms. The molecule has 3 rings (SSSR count). The summed E-state index contributed by atoms with van der Waals surface area (Å²) in [6.07, 6.45) is 0.0993. The molecule has 136 valence electrons. The van der Waals surface area contributed by atoms with E-state index in [2.05, 4.69) is 4.98 Å². The van der Waals surface area contributed by atoms with Crippen LogP contribution in [0.25, 0.3) is 10.2 Å². The Bertz CT molecular complexity index is 864. The first kappa shape index (κ1) is 18.4. The monoisotopic (exact) mass is 381 g/mol. The molecule has 2 atom stereocenters. The SMILES string of the molecule is Cc1sc2nc(SCC(=O)N3C[C@@H](C)O[C@H](C)C3)n(C)c(=O)c2c1C. The van der Waals surface area contributed by atoms with Crippen LogP contribution in [0.5, 0.6) is 0 Å². The average Bonchev–Trinajstić information content (AvgIpc) is 2.83. The molecule has 0 N–H and O–H groups in total. The lowest BCUT2D eigenvalue weighted by Gasteiger charge is -2.35. The number of hydrogen-bond acceptors (Lipinski definition) is 6. The topological polar surface area (TPSA) is 64.4 Å². The molecule has 0 aromatic carbocycles. The summed E-state index contributed by atoms with van der Waals surface area (Å²) in [5.41, 5.74) is 0.951. The number of nitrogens with zero attached hydrogens (tertiary/aromatic N) is 3. The highest BCUT2D eigenvalue weighted by atomic mass is 32.2. The first-order valence-corrected chi connectivity index (χ1v) is 10.1. The van der Waals surface area contributed by atoms with Crippen LogP contribution in [0.1, 0.15) is 24.3 Å². The van der Waals surface area contributed by atoms with Crippen LogP contribution in [-0.2, 0) is 16.6 Å². The van der Waals surface area contributed by atoms with Gasteiger partial charge in [-0.25, -0.2) is 4.98 Å². The van der Waals surface area contributed by atoms with Crippen molar-refractivity contribution >= 4 is 39.2 Å². The summed E-state index contributed by atoms with van der Waals surface area (Å²) in [7, 11) is 1.72. The van der Waals surface area contributed by atoms with Gasteiger partial charge in [0.1, 0.15) is 4.83 Å². The smallest absolute Gasteiger partial charge is 0.262 e. The van der Waals surface area contributed by atoms with Gasteiger partial charge in [0.25, 0.3) is 5.56 Å². The summed E-state index contributed by atoms with van der Waals surface area (Å²) in [4.78, 5) is 33.4. The van der Waals surface area contributed by atoms with Crippen molar-refractivity contribution in [1.29, 1.82) is 0 Å². The lowest BCUT2D eigenvalue weighted by Crippen LogP contribution is -2.48. The van der Waals surface area contributed by atoms with E-state index in [9.17, 15) is 9.59 Å². The van der Waals surface area contributed by atoms with E-state index in [0.29, 0.717) is 23.6 Å². The van der Waals surface area contributed by atoms with Gasteiger partial charge in [-0.2, -0.15) is 0 Å². The van der Waals surface area contributed by atoms with E-state index < -0.39 is 0 Å². The molecular formula is C17H23N3O3S2. The Morgan fingerprint density at radius 1 is 1.32 bits per heavy atom. The van der Waals surface area contributed by atoms with Crippen molar-refractivity contribution in [3.8, 4) is 0 Å². The number of rotatable bonds is 3. The molecule has 0 unspecified atom stereocenters. The number of thioether (sulfide) groups is 1. The van der Waals surface area contributed by atoms with Crippen molar-refractivity contribution in [2.75, 3.05) is 18.8 Å². The molecule has 0 saturated carbocycles. The van der Waals surface area contributed by atoms with Crippen LogP contribution in [0.3, 0.4) is 0 Å². The molecule has 25 heavy (non-hydrogen) atoms. The number of carbonyl (C=O) groups excluding carboxylic acids is 1. The van der Waals surface area contributed by atoms with Gasteiger partial charge in [-0.05, 0) is 33.3 Å². The number of morpholine rings is 1. The number of hydrogen-bond donors (Lipinski definition) is 0. The fourth-order valence-corrected chi connectivity index (χ4v) is 5.03. The highest BCUT2D eigenvalue weighted by Crippen LogP contribution is 2.28. The van der Waals surface area contributed by atoms with Gasteiger partial charge >= 0.3 is 0 Å². The Hall–Kier alpha value is -1.38. The number of amides is 1. The third-order valence-electron chi connectivity index (χ3n) is 4.47. The van der Waals surface area contributed by atoms with E-state index >= 15 is 0 Å². The largest absolute Gasteiger partial charge is 0.372 e. The van der Waals surface area contributed by atoms with Gasteiger partial charge in [-0.3, -0.25) is 14.2 Å². The minimum Gasteiger partial charge on any atom is -0.372 e. The Morgan fingerprint density at radius 3 is 2.60 bits per heavy atom. The number of aryl methyl sites for hydroxylation is 2. The average molecular weight is 382 g/mol. The number of fused-ring (bicyclic) bond motifs is 1. The van der Waals surface area contributed by atoms with Crippen LogP contribution < -0.4 is 5.56 Å². The summed E-state index contributed by atoms with van der Waals surface area (Å²) in [5, 5.41) is 1.28. The van der Waals surface area contributed by atoms with Gasteiger partial charge in [0.2, 0.25) is 5.91 Å². The third kappa shape index (κ3) is 3.61. The number of ether oxygens (including phenoxy) is 1. The van der Waals surface area contributed by atoms with Gasteiger partial charge in [0, 0.05) is 25.0 Å². The Balaban J connectivity index is 1.78. The molecule has 0 radical (unpaired) electrons. The second-order valence-electron chi connectivity index (χ2n) is 6.57. The molecule has 1 aliphatic rings. The molecule has 2 aromatic heterocycles. The first-order valence-electron chi connectivity index (χ1n) is 8.30. The molecule has 2 aromatic rings. The van der Waals surface area contributed by atoms with Crippen LogP contribution in [0.15, 0.2) is 9.95 Å². The fourth-order valence-electron chi connectivity index (χ4n) is 3.08. The van der Waals surface area contributed by atoms with Crippen LogP contribution >= 0.6 is 23.1 Å². The maximum atomic E-state index is 12.6. The maximum Gasteiger partial charge on any atom is 0.262 e. The van der Waals surface area contributed by atoms with Crippen molar-refractivity contribution in [3.05, 3.63) is 20.8 Å². The van der Waals surface area contributed by atoms with E-state index in [1.165, 1.54) is 23.1 Å². The third-order valence-corrected chi connectivity index (χ3v) is 6.58. The number of aromatic nitrogens is 2. The standard InChI is InChI=1S/C17H23N3O3S2/c1-9-6-20(7-10(2)23-9)13(21)8-24-17-18-15-14(16(22)19(17)5)11(3)12(4)25-15/h9-10H,6-8H2,1-5H3/t9-,10-/m1/s1.